The molecule has 4 unspecified atom stereocenters. The number of fused-ring (bicyclic) bond motifs is 2. The molecule has 11 heteroatoms. The number of halogens is 2. The Morgan fingerprint density at radius 3 is 2.58 bits per heavy atom. The van der Waals surface area contributed by atoms with Crippen LogP contribution in [-0.2, 0) is 33.3 Å². The molecule has 4 heterocycles. The zero-order chi connectivity index (χ0) is 38.6. The van der Waals surface area contributed by atoms with E-state index in [1.165, 1.54) is 0 Å². The van der Waals surface area contributed by atoms with Crippen molar-refractivity contribution in [3.05, 3.63) is 56.6 Å². The lowest BCUT2D eigenvalue weighted by molar-refractivity contribution is -0.340. The fourth-order valence-corrected chi connectivity index (χ4v) is 10.1. The molecule has 0 radical (unpaired) electrons. The Morgan fingerprint density at radius 2 is 1.89 bits per heavy atom. The topological polar surface area (TPSA) is 121 Å². The van der Waals surface area contributed by atoms with E-state index in [0.717, 1.165) is 21.8 Å². The zero-order valence-corrected chi connectivity index (χ0v) is 35.5. The van der Waals surface area contributed by atoms with Crippen LogP contribution in [0.15, 0.2) is 56.6 Å². The highest BCUT2D eigenvalue weighted by molar-refractivity contribution is 9.28. The number of carbonyl (C=O) groups excluding carboxylic acids is 2. The van der Waals surface area contributed by atoms with Gasteiger partial charge in [-0.2, -0.15) is 0 Å². The molecule has 2 N–H and O–H groups in total. The smallest absolute Gasteiger partial charge is 0.316 e. The van der Waals surface area contributed by atoms with Gasteiger partial charge < -0.3 is 33.9 Å². The van der Waals surface area contributed by atoms with Gasteiger partial charge in [-0.15, -0.1) is 0 Å². The lowest BCUT2D eigenvalue weighted by Crippen LogP contribution is -2.58. The Kier molecular flexibility index (Phi) is 12.2. The minimum Gasteiger partial charge on any atom is -0.462 e. The van der Waals surface area contributed by atoms with Gasteiger partial charge in [-0.25, -0.2) is 0 Å². The predicted molar refractivity (Wildman–Crippen MR) is 209 cm³/mol. The van der Waals surface area contributed by atoms with Crippen LogP contribution in [-0.4, -0.2) is 76.8 Å². The quantitative estimate of drug-likeness (QED) is 0.209. The second-order valence-electron chi connectivity index (χ2n) is 17.3. The molecule has 0 aromatic carbocycles. The number of rotatable bonds is 5. The maximum Gasteiger partial charge on any atom is 0.316 e. The summed E-state index contributed by atoms with van der Waals surface area (Å²) in [6, 6.07) is 0. The van der Waals surface area contributed by atoms with Crippen LogP contribution in [0.1, 0.15) is 93.9 Å². The maximum atomic E-state index is 14.2. The first-order valence-electron chi connectivity index (χ1n) is 19.5. The molecule has 0 aromatic rings. The molecule has 2 aliphatic carbocycles. The van der Waals surface area contributed by atoms with Crippen LogP contribution in [0.5, 0.6) is 0 Å². The summed E-state index contributed by atoms with van der Waals surface area (Å²) in [6.07, 6.45) is 11.6. The number of hydrogen-bond donors (Lipinski definition) is 2. The molecule has 9 nitrogen and oxygen atoms in total. The summed E-state index contributed by atoms with van der Waals surface area (Å²) >= 11 is 6.91. The highest BCUT2D eigenvalue weighted by atomic mass is 79.9. The lowest BCUT2D eigenvalue weighted by atomic mass is 9.71. The van der Waals surface area contributed by atoms with Gasteiger partial charge in [0.05, 0.1) is 28.1 Å². The van der Waals surface area contributed by atoms with E-state index in [-0.39, 0.29) is 48.0 Å². The molecule has 6 rings (SSSR count). The number of hydrogen-bond acceptors (Lipinski definition) is 9. The third-order valence-electron chi connectivity index (χ3n) is 13.2. The molecule has 3 saturated heterocycles. The fraction of sp³-hybridized carbons (Fsp3) is 0.714. The minimum absolute atomic E-state index is 0.00106. The average molecular weight is 867 g/mol. The molecule has 4 fully saturated rings. The molecule has 14 atom stereocenters. The first kappa shape index (κ1) is 41.0. The highest BCUT2D eigenvalue weighted by Gasteiger charge is 2.62. The van der Waals surface area contributed by atoms with Crippen LogP contribution in [0.25, 0.3) is 0 Å². The van der Waals surface area contributed by atoms with Crippen molar-refractivity contribution in [1.29, 1.82) is 0 Å². The molecule has 4 aliphatic heterocycles. The van der Waals surface area contributed by atoms with E-state index >= 15 is 0 Å². The largest absolute Gasteiger partial charge is 0.462 e. The van der Waals surface area contributed by atoms with Gasteiger partial charge in [0.1, 0.15) is 35.9 Å². The third-order valence-corrected chi connectivity index (χ3v) is 13.7. The van der Waals surface area contributed by atoms with Crippen LogP contribution >= 0.6 is 31.9 Å². The number of esters is 2. The van der Waals surface area contributed by atoms with Crippen molar-refractivity contribution in [3.63, 3.8) is 0 Å². The highest BCUT2D eigenvalue weighted by Crippen LogP contribution is 2.60. The van der Waals surface area contributed by atoms with Crippen LogP contribution in [0, 0.1) is 40.9 Å². The van der Waals surface area contributed by atoms with Crippen molar-refractivity contribution in [2.24, 2.45) is 40.9 Å². The molecule has 1 saturated carbocycles. The van der Waals surface area contributed by atoms with Gasteiger partial charge in [0, 0.05) is 25.2 Å². The van der Waals surface area contributed by atoms with Gasteiger partial charge in [-0.05, 0) is 98.4 Å². The van der Waals surface area contributed by atoms with E-state index in [2.05, 4.69) is 72.6 Å². The van der Waals surface area contributed by atoms with E-state index < -0.39 is 47.7 Å². The van der Waals surface area contributed by atoms with Crippen molar-refractivity contribution in [3.8, 4) is 0 Å². The van der Waals surface area contributed by atoms with E-state index in [9.17, 15) is 19.8 Å². The molecule has 2 bridgehead atoms. The first-order chi connectivity index (χ1) is 24.9. The number of aliphatic hydroxyl groups excluding tert-OH is 1. The Labute approximate surface area is 331 Å². The summed E-state index contributed by atoms with van der Waals surface area (Å²) in [5.41, 5.74) is -0.136. The molecule has 294 valence electrons. The van der Waals surface area contributed by atoms with E-state index in [1.54, 1.807) is 19.1 Å². The van der Waals surface area contributed by atoms with E-state index in [4.69, 9.17) is 23.7 Å². The Bertz CT molecular complexity index is 1570. The molecule has 53 heavy (non-hydrogen) atoms. The van der Waals surface area contributed by atoms with Crippen LogP contribution in [0.3, 0.4) is 0 Å². The third kappa shape index (κ3) is 8.01. The van der Waals surface area contributed by atoms with Gasteiger partial charge in [-0.3, -0.25) is 9.59 Å². The monoisotopic (exact) mass is 864 g/mol. The average Bonchev–Trinajstić information content (AvgIpc) is 3.45. The van der Waals surface area contributed by atoms with Crippen LogP contribution in [0.2, 0.25) is 0 Å². The number of allylic oxidation sites excluding steroid dienone is 3. The number of ether oxygens (including phenoxy) is 5. The lowest BCUT2D eigenvalue weighted by Gasteiger charge is -2.51. The minimum atomic E-state index is -1.81. The Morgan fingerprint density at radius 1 is 1.15 bits per heavy atom. The van der Waals surface area contributed by atoms with Crippen LogP contribution in [0.4, 0.5) is 0 Å². The Hall–Kier alpha value is -1.60. The molecular formula is C42H58Br2O9. The maximum absolute atomic E-state index is 14.2. The summed E-state index contributed by atoms with van der Waals surface area (Å²) in [6.45, 7) is 16.5. The number of carbonyl (C=O) groups is 2. The summed E-state index contributed by atoms with van der Waals surface area (Å²) in [5, 5.41) is 23.5. The normalized spacial score (nSPS) is 45.6. The summed E-state index contributed by atoms with van der Waals surface area (Å²) in [4.78, 5) is 28.1. The first-order valence-corrected chi connectivity index (χ1v) is 21.0. The second-order valence-corrected chi connectivity index (χ2v) is 20.1. The van der Waals surface area contributed by atoms with Crippen molar-refractivity contribution in [2.45, 2.75) is 142 Å². The van der Waals surface area contributed by atoms with Crippen molar-refractivity contribution in [2.75, 3.05) is 6.61 Å². The SMILES string of the molecule is CCC(C)[C@H]1OC2(CC[C@@H]1C)C[C@@H]1C[C@@H](C/C=C(\C)[C@@H](OC(=O)C3C(C=C(Br)Br)C3(C)C)[C@@H](C)/C=C/C=C3\CO[C@@H]4[C@H](O)C(C)=C[C@@H](C(=O)O1)[C@]34O)O2. The molecule has 0 aromatic heterocycles. The predicted octanol–water partition coefficient (Wildman–Crippen LogP) is 7.99. The van der Waals surface area contributed by atoms with Gasteiger partial charge in [0.15, 0.2) is 5.79 Å². The van der Waals surface area contributed by atoms with Gasteiger partial charge in [-0.1, -0.05) is 84.4 Å². The van der Waals surface area contributed by atoms with Crippen molar-refractivity contribution < 1.29 is 43.5 Å². The second kappa shape index (κ2) is 15.7. The Balaban J connectivity index is 1.38. The standard InChI is InChI=1S/C42H58Br2O9/c1-9-22(2)36-25(5)15-16-41(53-36)20-29-18-28(52-41)14-13-24(4)35(51-39(47)33-30(19-32(43)44)40(33,7)8)23(3)11-10-12-27-21-49-37-34(45)26(6)17-31(38(46)50-29)42(27,37)48/h10-13,17,19,22-23,25,28-31,33-37,45,48H,9,14-16,18,20-21H2,1-8H3/b11-10+,24-13+,27-12+/t22?,23-,25-,28+,29-,30?,31-,33?,34+,35-,36+,37+,41?,42+/m0/s1. The van der Waals surface area contributed by atoms with Gasteiger partial charge >= 0.3 is 11.9 Å². The molecule has 0 amide bonds. The number of aliphatic hydroxyl groups is 2. The van der Waals surface area contributed by atoms with Crippen molar-refractivity contribution >= 4 is 43.8 Å². The molecule has 6 aliphatic rings. The van der Waals surface area contributed by atoms with Gasteiger partial charge in [0.25, 0.3) is 0 Å². The van der Waals surface area contributed by atoms with E-state index in [1.807, 2.05) is 32.1 Å². The van der Waals surface area contributed by atoms with Gasteiger partial charge in [0.2, 0.25) is 0 Å². The van der Waals surface area contributed by atoms with Crippen LogP contribution < -0.4 is 0 Å². The molecular weight excluding hydrogens is 808 g/mol. The zero-order valence-electron chi connectivity index (χ0n) is 32.4. The summed E-state index contributed by atoms with van der Waals surface area (Å²) in [7, 11) is 0. The summed E-state index contributed by atoms with van der Waals surface area (Å²) in [5.74, 6) is -2.62. The summed E-state index contributed by atoms with van der Waals surface area (Å²) < 4.78 is 33.4. The fourth-order valence-electron chi connectivity index (χ4n) is 9.52. The van der Waals surface area contributed by atoms with Crippen molar-refractivity contribution in [1.82, 2.24) is 0 Å². The van der Waals surface area contributed by atoms with E-state index in [0.29, 0.717) is 48.7 Å². The molecule has 1 spiro atoms.